The molecule has 0 saturated heterocycles. The average Bonchev–Trinajstić information content (AvgIpc) is 3.32. The van der Waals surface area contributed by atoms with Crippen LogP contribution in [0.2, 0.25) is 0 Å². The molecule has 0 radical (unpaired) electrons. The average molecular weight is 547 g/mol. The number of likely N-dealkylation sites (N-methyl/N-ethyl adjacent to an activating group) is 1. The lowest BCUT2D eigenvalue weighted by Gasteiger charge is -2.18. The van der Waals surface area contributed by atoms with Gasteiger partial charge in [-0.15, -0.1) is 0 Å². The van der Waals surface area contributed by atoms with Crippen LogP contribution in [0.15, 0.2) is 89.4 Å². The molecule has 4 rings (SSSR count). The van der Waals surface area contributed by atoms with Crippen molar-refractivity contribution in [2.24, 2.45) is 0 Å². The van der Waals surface area contributed by atoms with Gasteiger partial charge in [-0.1, -0.05) is 58.4 Å². The summed E-state index contributed by atoms with van der Waals surface area (Å²) in [5, 5.41) is 10.3. The second-order valence-corrected chi connectivity index (χ2v) is 9.18. The number of amides is 2. The topological polar surface area (TPSA) is 85.2 Å². The van der Waals surface area contributed by atoms with Gasteiger partial charge in [0.1, 0.15) is 17.5 Å². The summed E-state index contributed by atoms with van der Waals surface area (Å²) in [5.74, 6) is 0.0935. The molecule has 8 heteroatoms. The molecule has 0 bridgehead atoms. The van der Waals surface area contributed by atoms with Gasteiger partial charge < -0.3 is 15.4 Å². The molecule has 0 saturated carbocycles. The summed E-state index contributed by atoms with van der Waals surface area (Å²) >= 11 is 3.46. The highest BCUT2D eigenvalue weighted by molar-refractivity contribution is 9.10. The predicted octanol–water partition coefficient (Wildman–Crippen LogP) is 4.46. The summed E-state index contributed by atoms with van der Waals surface area (Å²) in [5.41, 5.74) is 3.81. The van der Waals surface area contributed by atoms with E-state index in [9.17, 15) is 9.59 Å². The molecule has 1 heterocycles. The van der Waals surface area contributed by atoms with Crippen LogP contribution >= 0.6 is 15.9 Å². The Kier molecular flexibility index (Phi) is 8.17. The summed E-state index contributed by atoms with van der Waals surface area (Å²) in [6.45, 7) is 0.413. The Morgan fingerprint density at radius 3 is 2.36 bits per heavy atom. The van der Waals surface area contributed by atoms with Gasteiger partial charge in [-0.2, -0.15) is 5.10 Å². The lowest BCUT2D eigenvalue weighted by atomic mass is 10.0. The van der Waals surface area contributed by atoms with Crippen molar-refractivity contribution in [2.45, 2.75) is 19.0 Å². The maximum atomic E-state index is 13.5. The second kappa shape index (κ2) is 11.7. The van der Waals surface area contributed by atoms with Crippen molar-refractivity contribution in [1.29, 1.82) is 0 Å². The number of nitrogens with zero attached hydrogens (tertiary/aromatic N) is 2. The number of aromatic nitrogens is 2. The van der Waals surface area contributed by atoms with Crippen LogP contribution in [0.3, 0.4) is 0 Å². The smallest absolute Gasteiger partial charge is 0.270 e. The summed E-state index contributed by atoms with van der Waals surface area (Å²) in [6.07, 6.45) is 0.350. The third kappa shape index (κ3) is 6.20. The van der Waals surface area contributed by atoms with Crippen LogP contribution < -0.4 is 15.4 Å². The van der Waals surface area contributed by atoms with Gasteiger partial charge in [0.15, 0.2) is 0 Å². The normalized spacial score (nSPS) is 11.5. The van der Waals surface area contributed by atoms with E-state index in [4.69, 9.17) is 9.84 Å². The zero-order valence-corrected chi connectivity index (χ0v) is 21.7. The fourth-order valence-electron chi connectivity index (χ4n) is 3.89. The molecular weight excluding hydrogens is 520 g/mol. The zero-order chi connectivity index (χ0) is 25.5. The summed E-state index contributed by atoms with van der Waals surface area (Å²) in [6, 6.07) is 26.0. The Morgan fingerprint density at radius 1 is 0.972 bits per heavy atom. The Morgan fingerprint density at radius 2 is 1.69 bits per heavy atom. The first kappa shape index (κ1) is 25.2. The molecule has 0 spiro atoms. The van der Waals surface area contributed by atoms with Gasteiger partial charge in [-0.05, 0) is 53.6 Å². The number of rotatable bonds is 9. The SMILES string of the molecule is CNC(=O)[C@H](Cc1cccc(Br)c1)NC(=O)c1cc(-c2ccc(OC)cc2)nn1Cc1ccccc1. The molecule has 0 aliphatic heterocycles. The molecular formula is C28H27BrN4O3. The van der Waals surface area contributed by atoms with E-state index in [-0.39, 0.29) is 11.8 Å². The van der Waals surface area contributed by atoms with Gasteiger partial charge in [0.2, 0.25) is 5.91 Å². The van der Waals surface area contributed by atoms with E-state index in [0.717, 1.165) is 26.9 Å². The summed E-state index contributed by atoms with van der Waals surface area (Å²) in [4.78, 5) is 26.2. The molecule has 0 aliphatic carbocycles. The van der Waals surface area contributed by atoms with Crippen molar-refractivity contribution < 1.29 is 14.3 Å². The Bertz CT molecular complexity index is 1340. The quantitative estimate of drug-likeness (QED) is 0.324. The highest BCUT2D eigenvalue weighted by atomic mass is 79.9. The minimum atomic E-state index is -0.749. The molecule has 4 aromatic rings. The first-order chi connectivity index (χ1) is 17.5. The fraction of sp³-hybridized carbons (Fsp3) is 0.179. The fourth-order valence-corrected chi connectivity index (χ4v) is 4.34. The lowest BCUT2D eigenvalue weighted by Crippen LogP contribution is -2.47. The molecule has 1 atom stereocenters. The number of nitrogens with one attached hydrogen (secondary N) is 2. The van der Waals surface area contributed by atoms with E-state index in [0.29, 0.717) is 24.4 Å². The third-order valence-electron chi connectivity index (χ3n) is 5.77. The van der Waals surface area contributed by atoms with Crippen LogP contribution in [0.4, 0.5) is 0 Å². The Hall–Kier alpha value is -3.91. The number of carbonyl (C=O) groups is 2. The minimum Gasteiger partial charge on any atom is -0.497 e. The molecule has 36 heavy (non-hydrogen) atoms. The van der Waals surface area contributed by atoms with Crippen molar-refractivity contribution in [1.82, 2.24) is 20.4 Å². The van der Waals surface area contributed by atoms with Crippen molar-refractivity contribution >= 4 is 27.7 Å². The molecule has 2 amide bonds. The first-order valence-electron chi connectivity index (χ1n) is 11.5. The van der Waals surface area contributed by atoms with Gasteiger partial charge in [-0.25, -0.2) is 0 Å². The van der Waals surface area contributed by atoms with Gasteiger partial charge in [0.05, 0.1) is 19.3 Å². The van der Waals surface area contributed by atoms with Crippen LogP contribution in [-0.2, 0) is 17.8 Å². The van der Waals surface area contributed by atoms with Gasteiger partial charge in [0, 0.05) is 23.5 Å². The molecule has 7 nitrogen and oxygen atoms in total. The van der Waals surface area contributed by atoms with Crippen molar-refractivity contribution in [2.75, 3.05) is 14.2 Å². The van der Waals surface area contributed by atoms with Gasteiger partial charge >= 0.3 is 0 Å². The lowest BCUT2D eigenvalue weighted by molar-refractivity contribution is -0.122. The van der Waals surface area contributed by atoms with Gasteiger partial charge in [-0.3, -0.25) is 14.3 Å². The monoisotopic (exact) mass is 546 g/mol. The van der Waals surface area contributed by atoms with E-state index in [1.165, 1.54) is 0 Å². The molecule has 1 aromatic heterocycles. The maximum Gasteiger partial charge on any atom is 0.270 e. The molecule has 184 valence electrons. The number of methoxy groups -OCH3 is 1. The van der Waals surface area contributed by atoms with E-state index in [2.05, 4.69) is 26.6 Å². The second-order valence-electron chi connectivity index (χ2n) is 8.26. The van der Waals surface area contributed by atoms with E-state index >= 15 is 0 Å². The van der Waals surface area contributed by atoms with Crippen molar-refractivity contribution in [3.05, 3.63) is 106 Å². The molecule has 3 aromatic carbocycles. The highest BCUT2D eigenvalue weighted by Crippen LogP contribution is 2.23. The van der Waals surface area contributed by atoms with Crippen LogP contribution in [0.5, 0.6) is 5.75 Å². The predicted molar refractivity (Wildman–Crippen MR) is 143 cm³/mol. The van der Waals surface area contributed by atoms with Gasteiger partial charge in [0.25, 0.3) is 5.91 Å². The largest absolute Gasteiger partial charge is 0.497 e. The zero-order valence-electron chi connectivity index (χ0n) is 20.1. The molecule has 0 fully saturated rings. The maximum absolute atomic E-state index is 13.5. The molecule has 2 N–H and O–H groups in total. The Balaban J connectivity index is 1.65. The molecule has 0 aliphatic rings. The summed E-state index contributed by atoms with van der Waals surface area (Å²) < 4.78 is 7.83. The Labute approximate surface area is 218 Å². The van der Waals surface area contributed by atoms with Crippen LogP contribution in [0, 0.1) is 0 Å². The van der Waals surface area contributed by atoms with E-state index in [1.807, 2.05) is 78.9 Å². The minimum absolute atomic E-state index is 0.271. The highest BCUT2D eigenvalue weighted by Gasteiger charge is 2.24. The van der Waals surface area contributed by atoms with Crippen molar-refractivity contribution in [3.8, 4) is 17.0 Å². The number of hydrogen-bond acceptors (Lipinski definition) is 4. The number of halogens is 1. The number of carbonyl (C=O) groups excluding carboxylic acids is 2. The first-order valence-corrected chi connectivity index (χ1v) is 12.3. The van der Waals surface area contributed by atoms with E-state index < -0.39 is 6.04 Å². The third-order valence-corrected chi connectivity index (χ3v) is 6.26. The van der Waals surface area contributed by atoms with Crippen LogP contribution in [0.1, 0.15) is 21.6 Å². The number of ether oxygens (including phenoxy) is 1. The van der Waals surface area contributed by atoms with Crippen LogP contribution in [0.25, 0.3) is 11.3 Å². The van der Waals surface area contributed by atoms with Crippen LogP contribution in [-0.4, -0.2) is 41.8 Å². The van der Waals surface area contributed by atoms with E-state index in [1.54, 1.807) is 24.9 Å². The molecule has 0 unspecified atom stereocenters. The number of hydrogen-bond donors (Lipinski definition) is 2. The number of benzene rings is 3. The standard InChI is InChI=1S/C28H27BrN4O3/c1-30-27(34)25(16-20-9-6-10-22(29)15-20)31-28(35)26-17-24(21-11-13-23(36-2)14-12-21)32-33(26)18-19-7-4-3-5-8-19/h3-15,17,25H,16,18H2,1-2H3,(H,30,34)(H,31,35)/t25-/m0/s1. The van der Waals surface area contributed by atoms with Crippen molar-refractivity contribution in [3.63, 3.8) is 0 Å². The summed E-state index contributed by atoms with van der Waals surface area (Å²) in [7, 11) is 3.17.